The third kappa shape index (κ3) is 5.14. The molecule has 1 N–H and O–H groups in total. The van der Waals surface area contributed by atoms with Crippen LogP contribution < -0.4 is 5.69 Å². The lowest BCUT2D eigenvalue weighted by Crippen LogP contribution is -2.26. The molecule has 3 heterocycles. The number of tetrazole rings is 1. The largest absolute Gasteiger partial charge is 0.329 e. The first-order valence-corrected chi connectivity index (χ1v) is 13.3. The van der Waals surface area contributed by atoms with E-state index in [9.17, 15) is 4.79 Å². The SMILES string of the molecule is CCCc1c(Cl)n(CCC2CCCCC2)c(=O)n1Cc1ccc(-c2cnccc2-c2nnn[nH]2)cc1. The van der Waals surface area contributed by atoms with Crippen LogP contribution in [0.25, 0.3) is 22.5 Å². The number of aromatic nitrogens is 7. The maximum Gasteiger partial charge on any atom is 0.329 e. The maximum absolute atomic E-state index is 13.4. The Morgan fingerprint density at radius 2 is 1.86 bits per heavy atom. The van der Waals surface area contributed by atoms with Crippen molar-refractivity contribution in [3.63, 3.8) is 0 Å². The molecule has 0 atom stereocenters. The summed E-state index contributed by atoms with van der Waals surface area (Å²) in [6.07, 6.45) is 12.8. The number of rotatable bonds is 9. The second kappa shape index (κ2) is 11.2. The molecule has 3 aromatic heterocycles. The molecule has 8 nitrogen and oxygen atoms in total. The predicted octanol–water partition coefficient (Wildman–Crippen LogP) is 5.52. The molecule has 0 unspecified atom stereocenters. The van der Waals surface area contributed by atoms with Gasteiger partial charge in [0.2, 0.25) is 0 Å². The van der Waals surface area contributed by atoms with Crippen LogP contribution >= 0.6 is 11.6 Å². The third-order valence-corrected chi connectivity index (χ3v) is 7.68. The van der Waals surface area contributed by atoms with Crippen LogP contribution in [0.1, 0.15) is 63.1 Å². The summed E-state index contributed by atoms with van der Waals surface area (Å²) in [6.45, 7) is 3.32. The molecule has 0 saturated heterocycles. The maximum atomic E-state index is 13.4. The molecular weight excluding hydrogens is 474 g/mol. The van der Waals surface area contributed by atoms with E-state index >= 15 is 0 Å². The average Bonchev–Trinajstić information content (AvgIpc) is 3.53. The van der Waals surface area contributed by atoms with Gasteiger partial charge in [-0.15, -0.1) is 5.10 Å². The monoisotopic (exact) mass is 505 g/mol. The van der Waals surface area contributed by atoms with Crippen molar-refractivity contribution in [1.82, 2.24) is 34.7 Å². The van der Waals surface area contributed by atoms with Crippen LogP contribution in [0.3, 0.4) is 0 Å². The van der Waals surface area contributed by atoms with Gasteiger partial charge in [0.1, 0.15) is 5.15 Å². The highest BCUT2D eigenvalue weighted by atomic mass is 35.5. The van der Waals surface area contributed by atoms with Crippen LogP contribution in [0.15, 0.2) is 47.5 Å². The Hall–Kier alpha value is -3.26. The molecule has 4 aromatic rings. The quantitative estimate of drug-likeness (QED) is 0.323. The molecule has 9 heteroatoms. The lowest BCUT2D eigenvalue weighted by Gasteiger charge is -2.21. The van der Waals surface area contributed by atoms with Crippen molar-refractivity contribution in [3.05, 3.63) is 69.6 Å². The normalized spacial score (nSPS) is 14.4. The van der Waals surface area contributed by atoms with E-state index in [0.29, 0.717) is 30.0 Å². The molecule has 36 heavy (non-hydrogen) atoms. The first kappa shape index (κ1) is 24.4. The minimum atomic E-state index is -0.00398. The number of aromatic amines is 1. The van der Waals surface area contributed by atoms with Gasteiger partial charge in [0.25, 0.3) is 0 Å². The number of H-pyrrole nitrogens is 1. The molecule has 0 radical (unpaired) electrons. The number of nitrogens with one attached hydrogen (secondary N) is 1. The Morgan fingerprint density at radius 3 is 2.58 bits per heavy atom. The summed E-state index contributed by atoms with van der Waals surface area (Å²) in [5.74, 6) is 1.30. The van der Waals surface area contributed by atoms with Crippen molar-refractivity contribution >= 4 is 11.6 Å². The van der Waals surface area contributed by atoms with Gasteiger partial charge in [0.05, 0.1) is 12.2 Å². The number of imidazole rings is 1. The van der Waals surface area contributed by atoms with Crippen molar-refractivity contribution in [2.24, 2.45) is 5.92 Å². The van der Waals surface area contributed by atoms with Crippen molar-refractivity contribution in [2.45, 2.75) is 71.4 Å². The van der Waals surface area contributed by atoms with Gasteiger partial charge in [0.15, 0.2) is 5.82 Å². The first-order chi connectivity index (χ1) is 17.7. The van der Waals surface area contributed by atoms with Gasteiger partial charge < -0.3 is 0 Å². The summed E-state index contributed by atoms with van der Waals surface area (Å²) in [5.41, 5.74) is 4.79. The van der Waals surface area contributed by atoms with Gasteiger partial charge in [0, 0.05) is 30.1 Å². The average molecular weight is 506 g/mol. The third-order valence-electron chi connectivity index (χ3n) is 7.26. The fourth-order valence-electron chi connectivity index (χ4n) is 5.31. The van der Waals surface area contributed by atoms with E-state index in [-0.39, 0.29) is 5.69 Å². The molecule has 188 valence electrons. The Morgan fingerprint density at radius 1 is 1.06 bits per heavy atom. The fraction of sp³-hybridized carbons (Fsp3) is 0.444. The van der Waals surface area contributed by atoms with Crippen LogP contribution in [0.4, 0.5) is 0 Å². The molecule has 1 fully saturated rings. The summed E-state index contributed by atoms with van der Waals surface area (Å²) >= 11 is 6.79. The number of hydrogen-bond acceptors (Lipinski definition) is 5. The van der Waals surface area contributed by atoms with E-state index in [1.54, 1.807) is 10.8 Å². The minimum Gasteiger partial charge on any atom is -0.290 e. The zero-order chi connectivity index (χ0) is 24.9. The van der Waals surface area contributed by atoms with Gasteiger partial charge in [-0.2, -0.15) is 0 Å². The molecule has 1 saturated carbocycles. The van der Waals surface area contributed by atoms with Crippen LogP contribution in [-0.2, 0) is 19.5 Å². The van der Waals surface area contributed by atoms with E-state index in [4.69, 9.17) is 11.6 Å². The summed E-state index contributed by atoms with van der Waals surface area (Å²) < 4.78 is 3.65. The summed E-state index contributed by atoms with van der Waals surface area (Å²) in [6, 6.07) is 10.1. The molecular formula is C27H32ClN7O. The number of pyridine rings is 1. The van der Waals surface area contributed by atoms with Crippen LogP contribution in [-0.4, -0.2) is 34.7 Å². The Balaban J connectivity index is 1.38. The molecule has 1 aliphatic carbocycles. The van der Waals surface area contributed by atoms with E-state index in [1.165, 1.54) is 32.1 Å². The second-order valence-corrected chi connectivity index (χ2v) is 10.0. The van der Waals surface area contributed by atoms with Crippen LogP contribution in [0.5, 0.6) is 0 Å². The van der Waals surface area contributed by atoms with Crippen LogP contribution in [0.2, 0.25) is 5.15 Å². The lowest BCUT2D eigenvalue weighted by atomic mass is 9.87. The highest BCUT2D eigenvalue weighted by Crippen LogP contribution is 2.30. The Bertz CT molecular complexity index is 1340. The van der Waals surface area contributed by atoms with Crippen molar-refractivity contribution in [2.75, 3.05) is 0 Å². The number of benzene rings is 1. The van der Waals surface area contributed by atoms with Crippen molar-refractivity contribution < 1.29 is 0 Å². The van der Waals surface area contributed by atoms with Gasteiger partial charge in [-0.3, -0.25) is 14.1 Å². The zero-order valence-electron chi connectivity index (χ0n) is 20.7. The number of nitrogens with zero attached hydrogens (tertiary/aromatic N) is 6. The summed E-state index contributed by atoms with van der Waals surface area (Å²) in [5, 5.41) is 14.8. The molecule has 5 rings (SSSR count). The second-order valence-electron chi connectivity index (χ2n) is 9.67. The molecule has 0 amide bonds. The molecule has 0 spiro atoms. The van der Waals surface area contributed by atoms with Gasteiger partial charge in [-0.05, 0) is 46.4 Å². The number of hydrogen-bond donors (Lipinski definition) is 1. The predicted molar refractivity (Wildman–Crippen MR) is 141 cm³/mol. The van der Waals surface area contributed by atoms with E-state index in [0.717, 1.165) is 47.2 Å². The fourth-order valence-corrected chi connectivity index (χ4v) is 5.66. The molecule has 0 aliphatic heterocycles. The highest BCUT2D eigenvalue weighted by molar-refractivity contribution is 6.30. The minimum absolute atomic E-state index is 0.00398. The molecule has 1 aliphatic rings. The summed E-state index contributed by atoms with van der Waals surface area (Å²) in [4.78, 5) is 17.7. The van der Waals surface area contributed by atoms with E-state index in [1.807, 2.05) is 29.0 Å². The smallest absolute Gasteiger partial charge is 0.290 e. The Labute approximate surface area is 215 Å². The van der Waals surface area contributed by atoms with Gasteiger partial charge >= 0.3 is 5.69 Å². The molecule has 1 aromatic carbocycles. The number of halogens is 1. The van der Waals surface area contributed by atoms with E-state index in [2.05, 4.69) is 44.7 Å². The van der Waals surface area contributed by atoms with Crippen LogP contribution in [0, 0.1) is 5.92 Å². The van der Waals surface area contributed by atoms with E-state index < -0.39 is 0 Å². The van der Waals surface area contributed by atoms with Gasteiger partial charge in [-0.1, -0.05) is 81.3 Å². The first-order valence-electron chi connectivity index (χ1n) is 12.9. The zero-order valence-corrected chi connectivity index (χ0v) is 21.4. The molecule has 0 bridgehead atoms. The van der Waals surface area contributed by atoms with Crippen molar-refractivity contribution in [1.29, 1.82) is 0 Å². The summed E-state index contributed by atoms with van der Waals surface area (Å²) in [7, 11) is 0. The Kier molecular flexibility index (Phi) is 7.60. The lowest BCUT2D eigenvalue weighted by molar-refractivity contribution is 0.322. The topological polar surface area (TPSA) is 94.3 Å². The van der Waals surface area contributed by atoms with Gasteiger partial charge in [-0.25, -0.2) is 9.89 Å². The standard InChI is InChI=1S/C27H32ClN7O/c1-2-6-24-25(28)34(16-14-19-7-4-3-5-8-19)27(36)35(24)18-20-9-11-21(12-10-20)23-17-29-15-13-22(23)26-30-32-33-31-26/h9-13,15,17,19H,2-8,14,16,18H2,1H3,(H,30,31,32,33). The van der Waals surface area contributed by atoms with Crippen molar-refractivity contribution in [3.8, 4) is 22.5 Å². The highest BCUT2D eigenvalue weighted by Gasteiger charge is 2.20.